The Hall–Kier alpha value is -1.26. The largest absolute Gasteiger partial charge is 0.481 e. The Morgan fingerprint density at radius 1 is 1.41 bits per heavy atom. The molecule has 5 nitrogen and oxygen atoms in total. The van der Waals surface area contributed by atoms with Crippen molar-refractivity contribution in [3.8, 4) is 0 Å². The van der Waals surface area contributed by atoms with Gasteiger partial charge in [-0.2, -0.15) is 0 Å². The molecule has 0 aromatic rings. The SMILES string of the molecule is CC(C)(C)OC(=O)NC1CCC[C@]1(C)C(=O)O. The summed E-state index contributed by atoms with van der Waals surface area (Å²) in [4.78, 5) is 22.8. The third-order valence-corrected chi connectivity index (χ3v) is 3.14. The maximum Gasteiger partial charge on any atom is 0.407 e. The zero-order chi connectivity index (χ0) is 13.3. The molecule has 1 aliphatic rings. The van der Waals surface area contributed by atoms with E-state index in [1.807, 2.05) is 0 Å². The first-order valence-corrected chi connectivity index (χ1v) is 5.88. The third kappa shape index (κ3) is 3.35. The van der Waals surface area contributed by atoms with Crippen LogP contribution in [0.3, 0.4) is 0 Å². The number of hydrogen-bond acceptors (Lipinski definition) is 3. The van der Waals surface area contributed by atoms with Crippen molar-refractivity contribution in [1.82, 2.24) is 5.32 Å². The van der Waals surface area contributed by atoms with Crippen LogP contribution >= 0.6 is 0 Å². The van der Waals surface area contributed by atoms with E-state index < -0.39 is 23.1 Å². The molecule has 2 atom stereocenters. The quantitative estimate of drug-likeness (QED) is 0.779. The lowest BCUT2D eigenvalue weighted by atomic mass is 9.85. The molecule has 1 unspecified atom stereocenters. The first-order valence-electron chi connectivity index (χ1n) is 5.88. The van der Waals surface area contributed by atoms with Gasteiger partial charge in [-0.05, 0) is 40.5 Å². The molecule has 1 fully saturated rings. The van der Waals surface area contributed by atoms with Crippen molar-refractivity contribution in [2.24, 2.45) is 5.41 Å². The van der Waals surface area contributed by atoms with Gasteiger partial charge in [-0.15, -0.1) is 0 Å². The van der Waals surface area contributed by atoms with Crippen LogP contribution in [0.1, 0.15) is 47.0 Å². The van der Waals surface area contributed by atoms with Crippen LogP contribution in [0.15, 0.2) is 0 Å². The molecule has 1 amide bonds. The number of hydrogen-bond donors (Lipinski definition) is 2. The Bertz CT molecular complexity index is 321. The van der Waals surface area contributed by atoms with Crippen molar-refractivity contribution in [1.29, 1.82) is 0 Å². The topological polar surface area (TPSA) is 75.6 Å². The van der Waals surface area contributed by atoms with Gasteiger partial charge in [-0.25, -0.2) is 4.79 Å². The number of carboxylic acid groups (broad SMARTS) is 1. The van der Waals surface area contributed by atoms with Crippen LogP contribution in [0.5, 0.6) is 0 Å². The van der Waals surface area contributed by atoms with Crippen LogP contribution in [0.25, 0.3) is 0 Å². The maximum atomic E-state index is 11.6. The molecule has 98 valence electrons. The van der Waals surface area contributed by atoms with E-state index in [0.29, 0.717) is 12.8 Å². The van der Waals surface area contributed by atoms with Crippen LogP contribution in [-0.4, -0.2) is 28.8 Å². The van der Waals surface area contributed by atoms with Crippen molar-refractivity contribution < 1.29 is 19.4 Å². The monoisotopic (exact) mass is 243 g/mol. The van der Waals surface area contributed by atoms with E-state index >= 15 is 0 Å². The van der Waals surface area contributed by atoms with E-state index in [2.05, 4.69) is 5.32 Å². The molecule has 0 aromatic carbocycles. The Labute approximate surface area is 102 Å². The van der Waals surface area contributed by atoms with Gasteiger partial charge in [0.25, 0.3) is 0 Å². The summed E-state index contributed by atoms with van der Waals surface area (Å²) in [5, 5.41) is 11.9. The minimum absolute atomic E-state index is 0.352. The molecule has 1 saturated carbocycles. The standard InChI is InChI=1S/C12H21NO4/c1-11(2,3)17-10(16)13-8-6-5-7-12(8,4)9(14)15/h8H,5-7H2,1-4H3,(H,13,16)(H,14,15)/t8?,12-/m0/s1. The third-order valence-electron chi connectivity index (χ3n) is 3.14. The molecule has 0 aromatic heterocycles. The number of alkyl carbamates (subject to hydrolysis) is 1. The number of carbonyl (C=O) groups is 2. The molecule has 5 heteroatoms. The van der Waals surface area contributed by atoms with Gasteiger partial charge in [0.1, 0.15) is 5.60 Å². The van der Waals surface area contributed by atoms with E-state index in [9.17, 15) is 14.7 Å². The van der Waals surface area contributed by atoms with Gasteiger partial charge in [0.05, 0.1) is 5.41 Å². The zero-order valence-corrected chi connectivity index (χ0v) is 10.9. The second-order valence-corrected chi connectivity index (χ2v) is 5.81. The Morgan fingerprint density at radius 3 is 2.47 bits per heavy atom. The molecular formula is C12H21NO4. The number of carboxylic acids is 1. The van der Waals surface area contributed by atoms with Gasteiger partial charge in [0.15, 0.2) is 0 Å². The van der Waals surface area contributed by atoms with Crippen molar-refractivity contribution in [2.45, 2.75) is 58.6 Å². The van der Waals surface area contributed by atoms with E-state index in [-0.39, 0.29) is 6.04 Å². The summed E-state index contributed by atoms with van der Waals surface area (Å²) in [5.74, 6) is -0.865. The molecule has 2 N–H and O–H groups in total. The van der Waals surface area contributed by atoms with Gasteiger partial charge in [0, 0.05) is 6.04 Å². The summed E-state index contributed by atoms with van der Waals surface area (Å²) in [6, 6.07) is -0.352. The molecule has 1 rings (SSSR count). The number of amides is 1. The molecule has 0 saturated heterocycles. The molecule has 0 radical (unpaired) electrons. The van der Waals surface area contributed by atoms with Gasteiger partial charge in [0.2, 0.25) is 0 Å². The minimum atomic E-state index is -0.878. The van der Waals surface area contributed by atoms with E-state index in [1.54, 1.807) is 27.7 Å². The Kier molecular flexibility index (Phi) is 3.69. The fraction of sp³-hybridized carbons (Fsp3) is 0.833. The molecule has 0 aliphatic heterocycles. The molecular weight excluding hydrogens is 222 g/mol. The Balaban J connectivity index is 2.63. The highest BCUT2D eigenvalue weighted by molar-refractivity contribution is 5.77. The number of rotatable bonds is 2. The van der Waals surface area contributed by atoms with Gasteiger partial charge < -0.3 is 15.2 Å². The number of nitrogens with one attached hydrogen (secondary N) is 1. The lowest BCUT2D eigenvalue weighted by Crippen LogP contribution is -2.48. The normalized spacial score (nSPS) is 28.8. The van der Waals surface area contributed by atoms with Gasteiger partial charge in [-0.3, -0.25) is 4.79 Å². The molecule has 17 heavy (non-hydrogen) atoms. The van der Waals surface area contributed by atoms with Crippen molar-refractivity contribution in [3.63, 3.8) is 0 Å². The number of aliphatic carboxylic acids is 1. The first-order chi connectivity index (χ1) is 7.65. The van der Waals surface area contributed by atoms with Crippen molar-refractivity contribution >= 4 is 12.1 Å². The highest BCUT2D eigenvalue weighted by atomic mass is 16.6. The lowest BCUT2D eigenvalue weighted by Gasteiger charge is -2.29. The fourth-order valence-corrected chi connectivity index (χ4v) is 2.10. The molecule has 0 heterocycles. The van der Waals surface area contributed by atoms with Crippen LogP contribution < -0.4 is 5.32 Å². The van der Waals surface area contributed by atoms with Crippen LogP contribution in [-0.2, 0) is 9.53 Å². The predicted molar refractivity (Wildman–Crippen MR) is 62.8 cm³/mol. The Morgan fingerprint density at radius 2 is 2.00 bits per heavy atom. The average Bonchev–Trinajstić information content (AvgIpc) is 2.45. The summed E-state index contributed by atoms with van der Waals surface area (Å²) in [6.07, 6.45) is 1.53. The first kappa shape index (κ1) is 13.8. The smallest absolute Gasteiger partial charge is 0.407 e. The maximum absolute atomic E-state index is 11.6. The molecule has 0 bridgehead atoms. The summed E-state index contributed by atoms with van der Waals surface area (Å²) in [5.41, 5.74) is -1.45. The second kappa shape index (κ2) is 4.55. The predicted octanol–water partition coefficient (Wildman–Crippen LogP) is 2.15. The summed E-state index contributed by atoms with van der Waals surface area (Å²) < 4.78 is 5.13. The van der Waals surface area contributed by atoms with Crippen LogP contribution in [0.2, 0.25) is 0 Å². The molecule has 0 spiro atoms. The highest BCUT2D eigenvalue weighted by Gasteiger charge is 2.46. The average molecular weight is 243 g/mol. The second-order valence-electron chi connectivity index (χ2n) is 5.81. The number of ether oxygens (including phenoxy) is 1. The number of carbonyl (C=O) groups excluding carboxylic acids is 1. The highest BCUT2D eigenvalue weighted by Crippen LogP contribution is 2.38. The van der Waals surface area contributed by atoms with Crippen molar-refractivity contribution in [2.75, 3.05) is 0 Å². The van der Waals surface area contributed by atoms with Crippen LogP contribution in [0.4, 0.5) is 4.79 Å². The van der Waals surface area contributed by atoms with Gasteiger partial charge >= 0.3 is 12.1 Å². The summed E-state index contributed by atoms with van der Waals surface area (Å²) in [6.45, 7) is 7.00. The summed E-state index contributed by atoms with van der Waals surface area (Å²) in [7, 11) is 0. The van der Waals surface area contributed by atoms with Crippen molar-refractivity contribution in [3.05, 3.63) is 0 Å². The summed E-state index contributed by atoms with van der Waals surface area (Å²) >= 11 is 0. The van der Waals surface area contributed by atoms with E-state index in [1.165, 1.54) is 0 Å². The van der Waals surface area contributed by atoms with Crippen LogP contribution in [0, 0.1) is 5.41 Å². The van der Waals surface area contributed by atoms with Gasteiger partial charge in [-0.1, -0.05) is 6.42 Å². The molecule has 1 aliphatic carbocycles. The van der Waals surface area contributed by atoms with E-state index in [0.717, 1.165) is 6.42 Å². The minimum Gasteiger partial charge on any atom is -0.481 e. The lowest BCUT2D eigenvalue weighted by molar-refractivity contribution is -0.148. The zero-order valence-electron chi connectivity index (χ0n) is 10.9. The van der Waals surface area contributed by atoms with E-state index in [4.69, 9.17) is 4.74 Å². The fourth-order valence-electron chi connectivity index (χ4n) is 2.10.